The summed E-state index contributed by atoms with van der Waals surface area (Å²) in [4.78, 5) is 25.7. The maximum absolute atomic E-state index is 12.5. The van der Waals surface area contributed by atoms with Gasteiger partial charge in [0.15, 0.2) is 5.16 Å². The molecule has 150 valence electrons. The number of amides is 2. The Balaban J connectivity index is 1.71. The molecule has 1 atom stereocenters. The second kappa shape index (κ2) is 8.91. The van der Waals surface area contributed by atoms with Gasteiger partial charge >= 0.3 is 0 Å². The minimum absolute atomic E-state index is 0.177. The number of rotatable bonds is 8. The van der Waals surface area contributed by atoms with Gasteiger partial charge in [-0.1, -0.05) is 31.7 Å². The third-order valence-electron chi connectivity index (χ3n) is 4.76. The van der Waals surface area contributed by atoms with Crippen LogP contribution in [0.1, 0.15) is 46.9 Å². The third kappa shape index (κ3) is 4.30. The first-order valence-electron chi connectivity index (χ1n) is 9.34. The summed E-state index contributed by atoms with van der Waals surface area (Å²) in [6, 6.07) is 0. The highest BCUT2D eigenvalue weighted by Gasteiger charge is 2.27. The normalized spacial score (nSPS) is 15.9. The Hall–Kier alpha value is -2.13. The largest absolute Gasteiger partial charge is 0.365 e. The molecule has 0 saturated carbocycles. The summed E-state index contributed by atoms with van der Waals surface area (Å²) in [6.45, 7) is 8.57. The van der Waals surface area contributed by atoms with Crippen LogP contribution in [0.25, 0.3) is 0 Å². The van der Waals surface area contributed by atoms with E-state index in [2.05, 4.69) is 29.0 Å². The number of anilines is 1. The van der Waals surface area contributed by atoms with Gasteiger partial charge in [-0.15, -0.1) is 28.1 Å². The first-order chi connectivity index (χ1) is 13.4. The Morgan fingerprint density at radius 1 is 1.46 bits per heavy atom. The number of hydrogen-bond acceptors (Lipinski definition) is 6. The Morgan fingerprint density at radius 3 is 2.93 bits per heavy atom. The number of carbonyl (C=O) groups is 2. The molecule has 3 rings (SSSR count). The molecule has 0 spiro atoms. The zero-order valence-electron chi connectivity index (χ0n) is 16.2. The molecule has 2 amide bonds. The fourth-order valence-electron chi connectivity index (χ4n) is 3.39. The lowest BCUT2D eigenvalue weighted by atomic mass is 9.88. The molecular formula is C19H25N5O2S2. The van der Waals surface area contributed by atoms with Gasteiger partial charge in [0.2, 0.25) is 5.91 Å². The summed E-state index contributed by atoms with van der Waals surface area (Å²) in [5.41, 5.74) is 7.10. The maximum atomic E-state index is 12.5. The molecule has 0 radical (unpaired) electrons. The van der Waals surface area contributed by atoms with E-state index in [-0.39, 0.29) is 11.7 Å². The van der Waals surface area contributed by atoms with Crippen molar-refractivity contribution in [3.05, 3.63) is 34.5 Å². The molecule has 3 N–H and O–H groups in total. The summed E-state index contributed by atoms with van der Waals surface area (Å²) in [6.07, 6.45) is 5.33. The van der Waals surface area contributed by atoms with Crippen molar-refractivity contribution in [2.75, 3.05) is 11.1 Å². The fraction of sp³-hybridized carbons (Fsp3) is 0.474. The number of aromatic nitrogens is 3. The second-order valence-electron chi connectivity index (χ2n) is 6.91. The molecule has 0 aliphatic heterocycles. The molecule has 0 saturated heterocycles. The highest BCUT2D eigenvalue weighted by molar-refractivity contribution is 7.99. The number of fused-ring (bicyclic) bond motifs is 1. The van der Waals surface area contributed by atoms with Gasteiger partial charge in [0.25, 0.3) is 5.91 Å². The number of carbonyl (C=O) groups excluding carboxylic acids is 2. The fourth-order valence-corrected chi connectivity index (χ4v) is 5.59. The number of thiophene rings is 1. The minimum Gasteiger partial charge on any atom is -0.365 e. The van der Waals surface area contributed by atoms with Crippen LogP contribution in [0, 0.1) is 5.92 Å². The summed E-state index contributed by atoms with van der Waals surface area (Å²) >= 11 is 2.79. The van der Waals surface area contributed by atoms with Crippen LogP contribution in [0.15, 0.2) is 17.8 Å². The standard InChI is InChI=1S/C19H25N5O2S2/c1-4-8-24-14(5-2)22-23-19(24)27-10-15(25)21-18-16(17(20)26)12-7-6-11(3)9-13(12)28-18/h4,11H,1,5-10H2,2-3H3,(H2,20,26)(H,21,25). The quantitative estimate of drug-likeness (QED) is 0.506. The first kappa shape index (κ1) is 20.6. The number of nitrogens with zero attached hydrogens (tertiary/aromatic N) is 3. The third-order valence-corrected chi connectivity index (χ3v) is 6.90. The van der Waals surface area contributed by atoms with E-state index in [1.54, 1.807) is 6.08 Å². The van der Waals surface area contributed by atoms with Crippen LogP contribution in [0.5, 0.6) is 0 Å². The van der Waals surface area contributed by atoms with Crippen molar-refractivity contribution in [1.29, 1.82) is 0 Å². The van der Waals surface area contributed by atoms with Gasteiger partial charge in [-0.25, -0.2) is 0 Å². The molecule has 2 aromatic heterocycles. The van der Waals surface area contributed by atoms with E-state index >= 15 is 0 Å². The Morgan fingerprint density at radius 2 is 2.25 bits per heavy atom. The topological polar surface area (TPSA) is 103 Å². The number of thioether (sulfide) groups is 1. The minimum atomic E-state index is -0.478. The van der Waals surface area contributed by atoms with Gasteiger partial charge in [-0.05, 0) is 30.7 Å². The molecule has 0 bridgehead atoms. The first-order valence-corrected chi connectivity index (χ1v) is 11.1. The monoisotopic (exact) mass is 419 g/mol. The molecule has 9 heteroatoms. The molecule has 28 heavy (non-hydrogen) atoms. The van der Waals surface area contributed by atoms with Crippen LogP contribution in [-0.2, 0) is 30.6 Å². The summed E-state index contributed by atoms with van der Waals surface area (Å²) < 4.78 is 1.95. The number of allylic oxidation sites excluding steroid dienone is 1. The van der Waals surface area contributed by atoms with Gasteiger partial charge in [0, 0.05) is 17.8 Å². The van der Waals surface area contributed by atoms with Crippen LogP contribution < -0.4 is 11.1 Å². The Kier molecular flexibility index (Phi) is 6.56. The molecule has 0 fully saturated rings. The summed E-state index contributed by atoms with van der Waals surface area (Å²) in [5, 5.41) is 12.5. The van der Waals surface area contributed by atoms with Gasteiger partial charge in [-0.2, -0.15) is 0 Å². The van der Waals surface area contributed by atoms with Crippen molar-refractivity contribution in [3.8, 4) is 0 Å². The van der Waals surface area contributed by atoms with Crippen LogP contribution >= 0.6 is 23.1 Å². The number of nitrogens with two attached hydrogens (primary N) is 1. The van der Waals surface area contributed by atoms with Gasteiger partial charge < -0.3 is 15.6 Å². The van der Waals surface area contributed by atoms with Crippen molar-refractivity contribution in [3.63, 3.8) is 0 Å². The van der Waals surface area contributed by atoms with Crippen molar-refractivity contribution >= 4 is 39.9 Å². The highest BCUT2D eigenvalue weighted by Crippen LogP contribution is 2.39. The van der Waals surface area contributed by atoms with Crippen molar-refractivity contribution < 1.29 is 9.59 Å². The van der Waals surface area contributed by atoms with Crippen molar-refractivity contribution in [2.45, 2.75) is 51.2 Å². The summed E-state index contributed by atoms with van der Waals surface area (Å²) in [7, 11) is 0. The molecule has 2 aromatic rings. The van der Waals surface area contributed by atoms with Crippen LogP contribution in [0.3, 0.4) is 0 Å². The van der Waals surface area contributed by atoms with E-state index in [0.717, 1.165) is 41.9 Å². The number of nitrogens with one attached hydrogen (secondary N) is 1. The Bertz CT molecular complexity index is 903. The lowest BCUT2D eigenvalue weighted by Gasteiger charge is -2.18. The maximum Gasteiger partial charge on any atom is 0.251 e. The van der Waals surface area contributed by atoms with Gasteiger partial charge in [0.1, 0.15) is 10.8 Å². The molecule has 7 nitrogen and oxygen atoms in total. The predicted octanol–water partition coefficient (Wildman–Crippen LogP) is 3.04. The van der Waals surface area contributed by atoms with Gasteiger partial charge in [-0.3, -0.25) is 9.59 Å². The summed E-state index contributed by atoms with van der Waals surface area (Å²) in [5.74, 6) is 0.948. The molecule has 1 aliphatic carbocycles. The van der Waals surface area contributed by atoms with E-state index in [1.807, 2.05) is 11.5 Å². The lowest BCUT2D eigenvalue weighted by molar-refractivity contribution is -0.113. The second-order valence-corrected chi connectivity index (χ2v) is 8.96. The highest BCUT2D eigenvalue weighted by atomic mass is 32.2. The zero-order valence-corrected chi connectivity index (χ0v) is 17.8. The average molecular weight is 420 g/mol. The number of aryl methyl sites for hydroxylation is 1. The van der Waals surface area contributed by atoms with E-state index in [1.165, 1.54) is 23.1 Å². The Labute approximate surface area is 172 Å². The SMILES string of the molecule is C=CCn1c(CC)nnc1SCC(=O)Nc1sc2c(c1C(N)=O)CCC(C)C2. The average Bonchev–Trinajstić information content (AvgIpc) is 3.20. The smallest absolute Gasteiger partial charge is 0.251 e. The van der Waals surface area contributed by atoms with E-state index in [0.29, 0.717) is 28.2 Å². The van der Waals surface area contributed by atoms with Crippen LogP contribution in [0.4, 0.5) is 5.00 Å². The van der Waals surface area contributed by atoms with Crippen LogP contribution in [-0.4, -0.2) is 32.3 Å². The van der Waals surface area contributed by atoms with E-state index in [4.69, 9.17) is 5.73 Å². The number of hydrogen-bond donors (Lipinski definition) is 2. The zero-order chi connectivity index (χ0) is 20.3. The lowest BCUT2D eigenvalue weighted by Crippen LogP contribution is -2.20. The molecular weight excluding hydrogens is 394 g/mol. The van der Waals surface area contributed by atoms with E-state index < -0.39 is 5.91 Å². The van der Waals surface area contributed by atoms with Crippen molar-refractivity contribution in [2.24, 2.45) is 11.7 Å². The molecule has 1 aliphatic rings. The molecule has 0 aromatic carbocycles. The molecule has 1 unspecified atom stereocenters. The van der Waals surface area contributed by atoms with Crippen molar-refractivity contribution in [1.82, 2.24) is 14.8 Å². The van der Waals surface area contributed by atoms with E-state index in [9.17, 15) is 9.59 Å². The van der Waals surface area contributed by atoms with Crippen LogP contribution in [0.2, 0.25) is 0 Å². The predicted molar refractivity (Wildman–Crippen MR) is 113 cm³/mol. The van der Waals surface area contributed by atoms with Gasteiger partial charge in [0.05, 0.1) is 11.3 Å². The number of primary amides is 1. The molecule has 2 heterocycles.